The lowest BCUT2D eigenvalue weighted by molar-refractivity contribution is 0.111. The molecule has 0 spiro atoms. The minimum absolute atomic E-state index is 0.308. The van der Waals surface area contributed by atoms with E-state index in [1.54, 1.807) is 24.1 Å². The quantitative estimate of drug-likeness (QED) is 0.700. The van der Waals surface area contributed by atoms with Crippen LogP contribution < -0.4 is 4.74 Å². The molecule has 0 N–H and O–H groups in total. The Hall–Kier alpha value is -2.24. The lowest BCUT2D eigenvalue weighted by Gasteiger charge is -2.02. The molecule has 0 bridgehead atoms. The van der Waals surface area contributed by atoms with E-state index >= 15 is 0 Å². The van der Waals surface area contributed by atoms with Gasteiger partial charge < -0.3 is 4.74 Å². The highest BCUT2D eigenvalue weighted by Crippen LogP contribution is 2.07. The SMILES string of the molecule is COc1cccc(Cn2cc(C=O)nn2)n1. The average molecular weight is 218 g/mol. The largest absolute Gasteiger partial charge is 0.481 e. The molecule has 0 aliphatic carbocycles. The molecule has 0 saturated heterocycles. The Labute approximate surface area is 91.9 Å². The third-order valence-corrected chi connectivity index (χ3v) is 1.99. The van der Waals surface area contributed by atoms with Gasteiger partial charge in [-0.15, -0.1) is 5.10 Å². The lowest BCUT2D eigenvalue weighted by Crippen LogP contribution is -2.03. The van der Waals surface area contributed by atoms with E-state index in [-0.39, 0.29) is 0 Å². The van der Waals surface area contributed by atoms with E-state index in [1.807, 2.05) is 12.1 Å². The van der Waals surface area contributed by atoms with Crippen LogP contribution in [0.25, 0.3) is 0 Å². The molecule has 0 unspecified atom stereocenters. The third-order valence-electron chi connectivity index (χ3n) is 1.99. The summed E-state index contributed by atoms with van der Waals surface area (Å²) in [5.74, 6) is 0.549. The first-order valence-electron chi connectivity index (χ1n) is 4.67. The minimum atomic E-state index is 0.308. The molecule has 6 nitrogen and oxygen atoms in total. The fourth-order valence-corrected chi connectivity index (χ4v) is 1.27. The normalized spacial score (nSPS) is 10.1. The van der Waals surface area contributed by atoms with Crippen molar-refractivity contribution in [2.75, 3.05) is 7.11 Å². The van der Waals surface area contributed by atoms with Crippen LogP contribution in [0.2, 0.25) is 0 Å². The molecule has 0 aromatic carbocycles. The van der Waals surface area contributed by atoms with Gasteiger partial charge in [-0.1, -0.05) is 11.3 Å². The van der Waals surface area contributed by atoms with Crippen LogP contribution >= 0.6 is 0 Å². The molecule has 0 saturated carbocycles. The highest BCUT2D eigenvalue weighted by Gasteiger charge is 2.02. The van der Waals surface area contributed by atoms with Crippen molar-refractivity contribution < 1.29 is 9.53 Å². The molecule has 0 aliphatic heterocycles. The fraction of sp³-hybridized carbons (Fsp3) is 0.200. The second-order valence-corrected chi connectivity index (χ2v) is 3.13. The summed E-state index contributed by atoms with van der Waals surface area (Å²) in [4.78, 5) is 14.6. The number of pyridine rings is 1. The van der Waals surface area contributed by atoms with Gasteiger partial charge >= 0.3 is 0 Å². The number of hydrogen-bond donors (Lipinski definition) is 0. The highest BCUT2D eigenvalue weighted by atomic mass is 16.5. The van der Waals surface area contributed by atoms with Gasteiger partial charge in [-0.05, 0) is 6.07 Å². The molecule has 0 aliphatic rings. The van der Waals surface area contributed by atoms with E-state index < -0.39 is 0 Å². The molecule has 16 heavy (non-hydrogen) atoms. The van der Waals surface area contributed by atoms with Crippen LogP contribution in [0.15, 0.2) is 24.4 Å². The standard InChI is InChI=1S/C10H10N4O2/c1-16-10-4-2-3-8(11-10)5-14-6-9(7-15)12-13-14/h2-4,6-7H,5H2,1H3. The van der Waals surface area contributed by atoms with Gasteiger partial charge in [0.05, 0.1) is 25.5 Å². The van der Waals surface area contributed by atoms with E-state index in [0.717, 1.165) is 5.69 Å². The van der Waals surface area contributed by atoms with Gasteiger partial charge in [0.25, 0.3) is 0 Å². The molecule has 0 atom stereocenters. The number of aromatic nitrogens is 4. The third kappa shape index (κ3) is 2.22. The first-order valence-corrected chi connectivity index (χ1v) is 4.67. The fourth-order valence-electron chi connectivity index (χ4n) is 1.27. The topological polar surface area (TPSA) is 69.9 Å². The Morgan fingerprint density at radius 1 is 1.50 bits per heavy atom. The van der Waals surface area contributed by atoms with Gasteiger partial charge in [-0.3, -0.25) is 4.79 Å². The van der Waals surface area contributed by atoms with Crippen LogP contribution in [-0.2, 0) is 6.54 Å². The molecule has 2 aromatic rings. The Bertz CT molecular complexity index is 495. The van der Waals surface area contributed by atoms with E-state index in [2.05, 4.69) is 15.3 Å². The molecule has 82 valence electrons. The lowest BCUT2D eigenvalue weighted by atomic mass is 10.3. The van der Waals surface area contributed by atoms with Crippen LogP contribution in [0, 0.1) is 0 Å². The number of carbonyl (C=O) groups excluding carboxylic acids is 1. The molecular formula is C10H10N4O2. The number of carbonyl (C=O) groups is 1. The summed E-state index contributed by atoms with van der Waals surface area (Å²) in [6.07, 6.45) is 2.22. The maximum absolute atomic E-state index is 10.4. The van der Waals surface area contributed by atoms with Crippen molar-refractivity contribution in [3.05, 3.63) is 35.8 Å². The number of ether oxygens (including phenoxy) is 1. The molecule has 0 radical (unpaired) electrons. The van der Waals surface area contributed by atoms with Gasteiger partial charge in [0.15, 0.2) is 6.29 Å². The van der Waals surface area contributed by atoms with Crippen LogP contribution in [0.5, 0.6) is 5.88 Å². The van der Waals surface area contributed by atoms with Gasteiger partial charge in [0.1, 0.15) is 5.69 Å². The van der Waals surface area contributed by atoms with E-state index in [1.165, 1.54) is 0 Å². The summed E-state index contributed by atoms with van der Waals surface area (Å²) >= 11 is 0. The van der Waals surface area contributed by atoms with Gasteiger partial charge in [-0.2, -0.15) is 0 Å². The summed E-state index contributed by atoms with van der Waals surface area (Å²) < 4.78 is 6.55. The highest BCUT2D eigenvalue weighted by molar-refractivity contribution is 5.70. The second-order valence-electron chi connectivity index (χ2n) is 3.13. The van der Waals surface area contributed by atoms with Crippen LogP contribution in [0.4, 0.5) is 0 Å². The minimum Gasteiger partial charge on any atom is -0.481 e. The van der Waals surface area contributed by atoms with Gasteiger partial charge in [0, 0.05) is 6.07 Å². The first-order chi connectivity index (χ1) is 7.81. The molecule has 2 aromatic heterocycles. The predicted molar refractivity (Wildman–Crippen MR) is 55.3 cm³/mol. The summed E-state index contributed by atoms with van der Waals surface area (Å²) in [7, 11) is 1.56. The first kappa shape index (κ1) is 10.3. The Morgan fingerprint density at radius 2 is 2.38 bits per heavy atom. The molecule has 2 heterocycles. The van der Waals surface area contributed by atoms with Crippen LogP contribution in [0.1, 0.15) is 16.2 Å². The monoisotopic (exact) mass is 218 g/mol. The molecule has 0 amide bonds. The van der Waals surface area contributed by atoms with Crippen molar-refractivity contribution in [1.29, 1.82) is 0 Å². The van der Waals surface area contributed by atoms with E-state index in [9.17, 15) is 4.79 Å². The molecule has 0 fully saturated rings. The Balaban J connectivity index is 2.16. The Kier molecular flexibility index (Phi) is 2.90. The van der Waals surface area contributed by atoms with Crippen LogP contribution in [-0.4, -0.2) is 33.4 Å². The summed E-state index contributed by atoms with van der Waals surface area (Å²) in [5, 5.41) is 7.45. The van der Waals surface area contributed by atoms with E-state index in [4.69, 9.17) is 4.74 Å². The van der Waals surface area contributed by atoms with Gasteiger partial charge in [-0.25, -0.2) is 9.67 Å². The van der Waals surface area contributed by atoms with Crippen LogP contribution in [0.3, 0.4) is 0 Å². The van der Waals surface area contributed by atoms with Gasteiger partial charge in [0.2, 0.25) is 5.88 Å². The summed E-state index contributed by atoms with van der Waals surface area (Å²) in [6, 6.07) is 5.46. The molecule has 6 heteroatoms. The smallest absolute Gasteiger partial charge is 0.213 e. The van der Waals surface area contributed by atoms with Crippen molar-refractivity contribution in [3.63, 3.8) is 0 Å². The second kappa shape index (κ2) is 4.52. The molecular weight excluding hydrogens is 208 g/mol. The predicted octanol–water partition coefficient (Wildman–Crippen LogP) is 0.542. The van der Waals surface area contributed by atoms with Crippen molar-refractivity contribution in [3.8, 4) is 5.88 Å². The van der Waals surface area contributed by atoms with Crippen molar-refractivity contribution in [2.45, 2.75) is 6.54 Å². The maximum atomic E-state index is 10.4. The van der Waals surface area contributed by atoms with Crippen molar-refractivity contribution >= 4 is 6.29 Å². The summed E-state index contributed by atoms with van der Waals surface area (Å²) in [6.45, 7) is 0.456. The number of nitrogens with zero attached hydrogens (tertiary/aromatic N) is 4. The van der Waals surface area contributed by atoms with Crippen molar-refractivity contribution in [1.82, 2.24) is 20.0 Å². The Morgan fingerprint density at radius 3 is 3.06 bits per heavy atom. The summed E-state index contributed by atoms with van der Waals surface area (Å²) in [5.41, 5.74) is 1.10. The average Bonchev–Trinajstić information content (AvgIpc) is 2.77. The zero-order valence-electron chi connectivity index (χ0n) is 8.70. The van der Waals surface area contributed by atoms with Crippen molar-refractivity contribution in [2.24, 2.45) is 0 Å². The molecule has 2 rings (SSSR count). The maximum Gasteiger partial charge on any atom is 0.213 e. The zero-order chi connectivity index (χ0) is 11.4. The number of hydrogen-bond acceptors (Lipinski definition) is 5. The van der Waals surface area contributed by atoms with E-state index in [0.29, 0.717) is 24.4 Å². The number of aldehydes is 1. The number of methoxy groups -OCH3 is 1. The zero-order valence-corrected chi connectivity index (χ0v) is 8.70. The number of rotatable bonds is 4.